The molecule has 3 rings (SSSR count). The highest BCUT2D eigenvalue weighted by Gasteiger charge is 2.23. The molecule has 1 aliphatic rings. The van der Waals surface area contributed by atoms with E-state index in [1.165, 1.54) is 11.0 Å². The van der Waals surface area contributed by atoms with Gasteiger partial charge >= 0.3 is 0 Å². The normalized spacial score (nSPS) is 18.1. The van der Waals surface area contributed by atoms with Crippen LogP contribution in [0.2, 0.25) is 0 Å². The van der Waals surface area contributed by atoms with E-state index in [1.54, 1.807) is 18.2 Å². The van der Waals surface area contributed by atoms with Crippen LogP contribution in [0.25, 0.3) is 10.9 Å². The standard InChI is InChI=1S/C18H23N3O2S/c1-3-12-6-5-9-20(11-12)16(22)13-7-8-14-15(10-13)19-18(24)21(4-2)17(14)23/h7-8,10,12H,3-6,9,11H2,1-2H3,(H,19,24). The lowest BCUT2D eigenvalue weighted by molar-refractivity contribution is 0.0671. The number of benzene rings is 1. The molecule has 1 aliphatic heterocycles. The highest BCUT2D eigenvalue weighted by Crippen LogP contribution is 2.21. The Hall–Kier alpha value is -1.95. The lowest BCUT2D eigenvalue weighted by Gasteiger charge is -2.32. The van der Waals surface area contributed by atoms with Gasteiger partial charge in [0, 0.05) is 25.2 Å². The molecule has 0 radical (unpaired) electrons. The maximum Gasteiger partial charge on any atom is 0.262 e. The molecule has 0 bridgehead atoms. The van der Waals surface area contributed by atoms with Crippen LogP contribution in [0.15, 0.2) is 23.0 Å². The minimum absolute atomic E-state index is 0.0361. The van der Waals surface area contributed by atoms with Crippen molar-refractivity contribution in [3.63, 3.8) is 0 Å². The van der Waals surface area contributed by atoms with Gasteiger partial charge in [-0.2, -0.15) is 0 Å². The number of nitrogens with zero attached hydrogens (tertiary/aromatic N) is 2. The van der Waals surface area contributed by atoms with E-state index in [0.29, 0.717) is 33.7 Å². The van der Waals surface area contributed by atoms with Crippen LogP contribution in [0.4, 0.5) is 0 Å². The predicted molar refractivity (Wildman–Crippen MR) is 98.0 cm³/mol. The maximum atomic E-state index is 12.8. The molecule has 1 amide bonds. The number of likely N-dealkylation sites (tertiary alicyclic amines) is 1. The molecule has 1 saturated heterocycles. The van der Waals surface area contributed by atoms with Gasteiger partial charge in [-0.1, -0.05) is 13.3 Å². The number of hydrogen-bond acceptors (Lipinski definition) is 3. The van der Waals surface area contributed by atoms with Crippen LogP contribution in [-0.4, -0.2) is 33.4 Å². The first-order valence-electron chi connectivity index (χ1n) is 8.61. The van der Waals surface area contributed by atoms with E-state index in [1.807, 2.05) is 11.8 Å². The van der Waals surface area contributed by atoms with Gasteiger partial charge < -0.3 is 9.88 Å². The number of piperidine rings is 1. The van der Waals surface area contributed by atoms with E-state index in [-0.39, 0.29) is 11.5 Å². The summed E-state index contributed by atoms with van der Waals surface area (Å²) in [5.41, 5.74) is 1.13. The summed E-state index contributed by atoms with van der Waals surface area (Å²) < 4.78 is 1.92. The first-order valence-corrected chi connectivity index (χ1v) is 9.02. The van der Waals surface area contributed by atoms with Gasteiger partial charge in [0.2, 0.25) is 0 Å². The Morgan fingerprint density at radius 3 is 2.88 bits per heavy atom. The van der Waals surface area contributed by atoms with E-state index >= 15 is 0 Å². The van der Waals surface area contributed by atoms with Gasteiger partial charge in [0.1, 0.15) is 0 Å². The van der Waals surface area contributed by atoms with Crippen LogP contribution in [-0.2, 0) is 6.54 Å². The summed E-state index contributed by atoms with van der Waals surface area (Å²) in [6.45, 7) is 6.21. The summed E-state index contributed by atoms with van der Waals surface area (Å²) in [5, 5.41) is 0.562. The average molecular weight is 345 g/mol. The van der Waals surface area contributed by atoms with Crippen molar-refractivity contribution in [3.8, 4) is 0 Å². The van der Waals surface area contributed by atoms with Crippen LogP contribution in [0.3, 0.4) is 0 Å². The monoisotopic (exact) mass is 345 g/mol. The maximum absolute atomic E-state index is 12.8. The Labute approximate surface area is 146 Å². The molecular formula is C18H23N3O2S. The summed E-state index contributed by atoms with van der Waals surface area (Å²) in [5.74, 6) is 0.625. The number of carbonyl (C=O) groups excluding carboxylic acids is 1. The van der Waals surface area contributed by atoms with Crippen LogP contribution in [0.5, 0.6) is 0 Å². The largest absolute Gasteiger partial charge is 0.338 e. The molecule has 1 unspecified atom stereocenters. The Kier molecular flexibility index (Phi) is 4.85. The van der Waals surface area contributed by atoms with Crippen molar-refractivity contribution in [3.05, 3.63) is 38.9 Å². The van der Waals surface area contributed by atoms with Gasteiger partial charge in [0.05, 0.1) is 10.9 Å². The second kappa shape index (κ2) is 6.89. The number of carbonyl (C=O) groups is 1. The lowest BCUT2D eigenvalue weighted by atomic mass is 9.95. The third-order valence-electron chi connectivity index (χ3n) is 4.93. The zero-order valence-corrected chi connectivity index (χ0v) is 15.0. The second-order valence-electron chi connectivity index (χ2n) is 6.41. The van der Waals surface area contributed by atoms with Gasteiger partial charge in [0.25, 0.3) is 11.5 Å². The van der Waals surface area contributed by atoms with Crippen LogP contribution in [0, 0.1) is 10.7 Å². The van der Waals surface area contributed by atoms with Crippen molar-refractivity contribution < 1.29 is 4.79 Å². The molecule has 24 heavy (non-hydrogen) atoms. The van der Waals surface area contributed by atoms with Crippen molar-refractivity contribution in [1.29, 1.82) is 0 Å². The first kappa shape index (κ1) is 16.9. The van der Waals surface area contributed by atoms with Crippen molar-refractivity contribution in [2.45, 2.75) is 39.7 Å². The Balaban J connectivity index is 1.97. The van der Waals surface area contributed by atoms with Crippen LogP contribution < -0.4 is 5.56 Å². The molecule has 128 valence electrons. The summed E-state index contributed by atoms with van der Waals surface area (Å²) in [4.78, 5) is 30.2. The van der Waals surface area contributed by atoms with E-state index < -0.39 is 0 Å². The third kappa shape index (κ3) is 3.02. The molecule has 1 aromatic heterocycles. The average Bonchev–Trinajstić information content (AvgIpc) is 2.61. The van der Waals surface area contributed by atoms with Gasteiger partial charge in [-0.25, -0.2) is 0 Å². The van der Waals surface area contributed by atoms with E-state index in [0.717, 1.165) is 25.9 Å². The van der Waals surface area contributed by atoms with Crippen molar-refractivity contribution in [2.24, 2.45) is 5.92 Å². The lowest BCUT2D eigenvalue weighted by Crippen LogP contribution is -2.39. The van der Waals surface area contributed by atoms with Crippen LogP contribution >= 0.6 is 12.2 Å². The van der Waals surface area contributed by atoms with E-state index in [2.05, 4.69) is 11.9 Å². The van der Waals surface area contributed by atoms with E-state index in [9.17, 15) is 9.59 Å². The van der Waals surface area contributed by atoms with Crippen molar-refractivity contribution in [2.75, 3.05) is 13.1 Å². The molecule has 5 nitrogen and oxygen atoms in total. The number of amides is 1. The molecular weight excluding hydrogens is 322 g/mol. The molecule has 1 N–H and O–H groups in total. The number of aromatic nitrogens is 2. The van der Waals surface area contributed by atoms with Gasteiger partial charge in [-0.3, -0.25) is 14.2 Å². The number of H-pyrrole nitrogens is 1. The van der Waals surface area contributed by atoms with Gasteiger partial charge in [-0.15, -0.1) is 0 Å². The SMILES string of the molecule is CCC1CCCN(C(=O)c2ccc3c(=O)n(CC)c(=S)[nH]c3c2)C1. The fourth-order valence-electron chi connectivity index (χ4n) is 3.44. The Morgan fingerprint density at radius 1 is 1.38 bits per heavy atom. The molecule has 1 aromatic carbocycles. The molecule has 0 saturated carbocycles. The zero-order valence-electron chi connectivity index (χ0n) is 14.2. The van der Waals surface area contributed by atoms with Gasteiger partial charge in [-0.05, 0) is 56.1 Å². The van der Waals surface area contributed by atoms with E-state index in [4.69, 9.17) is 12.2 Å². The quantitative estimate of drug-likeness (QED) is 0.868. The number of fused-ring (bicyclic) bond motifs is 1. The highest BCUT2D eigenvalue weighted by atomic mass is 32.1. The third-order valence-corrected chi connectivity index (χ3v) is 5.25. The fraction of sp³-hybridized carbons (Fsp3) is 0.500. The summed E-state index contributed by atoms with van der Waals surface area (Å²) in [6, 6.07) is 5.23. The first-order chi connectivity index (χ1) is 11.5. The predicted octanol–water partition coefficient (Wildman–Crippen LogP) is 3.34. The zero-order chi connectivity index (χ0) is 17.3. The minimum atomic E-state index is -0.112. The fourth-order valence-corrected chi connectivity index (χ4v) is 3.76. The summed E-state index contributed by atoms with van der Waals surface area (Å²) >= 11 is 5.24. The minimum Gasteiger partial charge on any atom is -0.338 e. The van der Waals surface area contributed by atoms with Gasteiger partial charge in [0.15, 0.2) is 4.77 Å². The van der Waals surface area contributed by atoms with Crippen molar-refractivity contribution in [1.82, 2.24) is 14.5 Å². The smallest absolute Gasteiger partial charge is 0.262 e. The molecule has 0 aliphatic carbocycles. The number of nitrogens with one attached hydrogen (secondary N) is 1. The molecule has 1 fully saturated rings. The topological polar surface area (TPSA) is 58.1 Å². The van der Waals surface area contributed by atoms with Crippen LogP contribution in [0.1, 0.15) is 43.5 Å². The molecule has 2 heterocycles. The molecule has 6 heteroatoms. The molecule has 1 atom stereocenters. The summed E-state index contributed by atoms with van der Waals surface area (Å²) in [6.07, 6.45) is 3.36. The Bertz CT molecular complexity index is 884. The second-order valence-corrected chi connectivity index (χ2v) is 6.79. The highest BCUT2D eigenvalue weighted by molar-refractivity contribution is 7.71. The molecule has 0 spiro atoms. The molecule has 2 aromatic rings. The number of rotatable bonds is 3. The van der Waals surface area contributed by atoms with Crippen molar-refractivity contribution >= 4 is 29.0 Å². The number of aromatic amines is 1. The summed E-state index contributed by atoms with van der Waals surface area (Å²) in [7, 11) is 0. The number of hydrogen-bond donors (Lipinski definition) is 1. The Morgan fingerprint density at radius 2 is 2.17 bits per heavy atom.